The smallest absolute Gasteiger partial charge is 0.329 e. The van der Waals surface area contributed by atoms with Crippen molar-refractivity contribution in [2.45, 2.75) is 6.42 Å². The third-order valence-electron chi connectivity index (χ3n) is 4.09. The number of nitrogen functional groups attached to an aromatic ring is 1. The Morgan fingerprint density at radius 2 is 1.63 bits per heavy atom. The molecule has 0 aliphatic heterocycles. The molecular formula is C19H17ClN4O3. The number of rotatable bonds is 4. The first-order valence-electron chi connectivity index (χ1n) is 8.08. The summed E-state index contributed by atoms with van der Waals surface area (Å²) in [5, 5.41) is 3.13. The Morgan fingerprint density at radius 1 is 1.07 bits per heavy atom. The Hall–Kier alpha value is -3.32. The van der Waals surface area contributed by atoms with E-state index in [9.17, 15) is 14.4 Å². The van der Waals surface area contributed by atoms with E-state index in [1.54, 1.807) is 0 Å². The highest BCUT2D eigenvalue weighted by Crippen LogP contribution is 2.22. The van der Waals surface area contributed by atoms with Crippen molar-refractivity contribution >= 4 is 29.0 Å². The fraction of sp³-hybridized carbons (Fsp3) is 0.105. The zero-order valence-corrected chi connectivity index (χ0v) is 15.2. The minimum atomic E-state index is -0.664. The predicted octanol–water partition coefficient (Wildman–Crippen LogP) is 2.16. The van der Waals surface area contributed by atoms with Gasteiger partial charge in [0.2, 0.25) is 5.91 Å². The Balaban J connectivity index is 1.74. The van der Waals surface area contributed by atoms with E-state index in [0.717, 1.165) is 21.3 Å². The Bertz CT molecular complexity index is 1100. The van der Waals surface area contributed by atoms with Crippen LogP contribution in [0.4, 0.5) is 11.5 Å². The minimum absolute atomic E-state index is 0.0582. The molecule has 0 bridgehead atoms. The molecule has 0 saturated heterocycles. The van der Waals surface area contributed by atoms with E-state index in [-0.39, 0.29) is 17.9 Å². The van der Waals surface area contributed by atoms with Crippen LogP contribution in [0.1, 0.15) is 5.56 Å². The average molecular weight is 385 g/mol. The topological polar surface area (TPSA) is 110 Å². The van der Waals surface area contributed by atoms with Crippen molar-refractivity contribution < 1.29 is 4.79 Å². The molecule has 138 valence electrons. The molecule has 0 spiro atoms. The van der Waals surface area contributed by atoms with Gasteiger partial charge in [0.05, 0.1) is 6.42 Å². The first-order valence-corrected chi connectivity index (χ1v) is 8.46. The number of anilines is 2. The Kier molecular flexibility index (Phi) is 5.14. The molecule has 7 nitrogen and oxygen atoms in total. The van der Waals surface area contributed by atoms with Gasteiger partial charge >= 0.3 is 5.69 Å². The first kappa shape index (κ1) is 18.5. The van der Waals surface area contributed by atoms with Crippen molar-refractivity contribution in [2.24, 2.45) is 7.05 Å². The van der Waals surface area contributed by atoms with Gasteiger partial charge in [-0.15, -0.1) is 0 Å². The lowest BCUT2D eigenvalue weighted by molar-refractivity contribution is -0.115. The van der Waals surface area contributed by atoms with E-state index in [2.05, 4.69) is 10.3 Å². The molecule has 0 aliphatic rings. The predicted molar refractivity (Wildman–Crippen MR) is 106 cm³/mol. The fourth-order valence-corrected chi connectivity index (χ4v) is 2.71. The maximum absolute atomic E-state index is 12.3. The van der Waals surface area contributed by atoms with E-state index in [1.165, 1.54) is 7.05 Å². The van der Waals surface area contributed by atoms with Gasteiger partial charge in [0.25, 0.3) is 5.56 Å². The van der Waals surface area contributed by atoms with Gasteiger partial charge in [-0.25, -0.2) is 4.79 Å². The van der Waals surface area contributed by atoms with Crippen molar-refractivity contribution in [1.29, 1.82) is 0 Å². The highest BCUT2D eigenvalue weighted by molar-refractivity contribution is 6.30. The first-order chi connectivity index (χ1) is 12.8. The summed E-state index contributed by atoms with van der Waals surface area (Å²) in [6.07, 6.45) is 0.0582. The maximum Gasteiger partial charge on any atom is 0.329 e. The number of hydrogen-bond donors (Lipinski definition) is 3. The highest BCUT2D eigenvalue weighted by atomic mass is 35.5. The monoisotopic (exact) mass is 384 g/mol. The number of carbonyl (C=O) groups is 1. The van der Waals surface area contributed by atoms with Gasteiger partial charge in [-0.2, -0.15) is 0 Å². The van der Waals surface area contributed by atoms with Gasteiger partial charge in [-0.1, -0.05) is 48.0 Å². The molecule has 8 heteroatoms. The van der Waals surface area contributed by atoms with Gasteiger partial charge in [0.15, 0.2) is 0 Å². The maximum atomic E-state index is 12.3. The number of aromatic amines is 1. The second kappa shape index (κ2) is 7.51. The van der Waals surface area contributed by atoms with E-state index >= 15 is 0 Å². The van der Waals surface area contributed by atoms with Crippen molar-refractivity contribution in [2.75, 3.05) is 11.1 Å². The number of aromatic nitrogens is 2. The molecule has 0 unspecified atom stereocenters. The van der Waals surface area contributed by atoms with E-state index < -0.39 is 17.2 Å². The lowest BCUT2D eigenvalue weighted by Crippen LogP contribution is -2.36. The lowest BCUT2D eigenvalue weighted by Gasteiger charge is -2.09. The van der Waals surface area contributed by atoms with Crippen molar-refractivity contribution in [3.8, 4) is 11.1 Å². The number of nitrogens with one attached hydrogen (secondary N) is 2. The van der Waals surface area contributed by atoms with Crippen molar-refractivity contribution in [3.05, 3.63) is 80.0 Å². The summed E-state index contributed by atoms with van der Waals surface area (Å²) in [6, 6.07) is 14.9. The largest absolute Gasteiger partial charge is 0.383 e. The number of nitrogens with two attached hydrogens (primary N) is 1. The molecule has 1 aromatic heterocycles. The number of amides is 1. The fourth-order valence-electron chi connectivity index (χ4n) is 2.58. The van der Waals surface area contributed by atoms with Gasteiger partial charge in [-0.3, -0.25) is 19.1 Å². The van der Waals surface area contributed by atoms with Crippen LogP contribution in [0, 0.1) is 0 Å². The van der Waals surface area contributed by atoms with Crippen LogP contribution in [0.25, 0.3) is 11.1 Å². The third-order valence-corrected chi connectivity index (χ3v) is 4.35. The van der Waals surface area contributed by atoms with Crippen LogP contribution in [-0.2, 0) is 18.3 Å². The summed E-state index contributed by atoms with van der Waals surface area (Å²) in [6.45, 7) is 0. The summed E-state index contributed by atoms with van der Waals surface area (Å²) in [7, 11) is 1.30. The molecule has 0 radical (unpaired) electrons. The summed E-state index contributed by atoms with van der Waals surface area (Å²) in [5.41, 5.74) is 6.96. The molecular weight excluding hydrogens is 368 g/mol. The zero-order chi connectivity index (χ0) is 19.6. The Morgan fingerprint density at radius 3 is 2.22 bits per heavy atom. The number of H-pyrrole nitrogens is 1. The standard InChI is InChI=1S/C19H17ClN4O3/c1-24-18(26)16(17(21)23-19(24)27)22-15(25)10-11-2-4-12(5-3-11)13-6-8-14(20)9-7-13/h2-9H,10,21H2,1H3,(H,22,25)(H,23,27). The molecule has 27 heavy (non-hydrogen) atoms. The van der Waals surface area contributed by atoms with E-state index in [1.807, 2.05) is 48.5 Å². The molecule has 1 heterocycles. The third kappa shape index (κ3) is 4.09. The molecule has 2 aromatic carbocycles. The molecule has 0 fully saturated rings. The van der Waals surface area contributed by atoms with Crippen LogP contribution >= 0.6 is 11.6 Å². The second-order valence-electron chi connectivity index (χ2n) is 6.01. The number of carbonyl (C=O) groups excluding carboxylic acids is 1. The number of nitrogens with zero attached hydrogens (tertiary/aromatic N) is 1. The molecule has 3 aromatic rings. The molecule has 3 rings (SSSR count). The number of halogens is 1. The molecule has 1 amide bonds. The van der Waals surface area contributed by atoms with Gasteiger partial charge in [-0.05, 0) is 28.8 Å². The summed E-state index contributed by atoms with van der Waals surface area (Å²) in [5.74, 6) is -0.584. The van der Waals surface area contributed by atoms with Crippen molar-refractivity contribution in [3.63, 3.8) is 0 Å². The average Bonchev–Trinajstić information content (AvgIpc) is 2.65. The van der Waals surface area contributed by atoms with Crippen LogP contribution in [0.15, 0.2) is 58.1 Å². The van der Waals surface area contributed by atoms with Gasteiger partial charge in [0, 0.05) is 12.1 Å². The summed E-state index contributed by atoms with van der Waals surface area (Å²) < 4.78 is 0.840. The van der Waals surface area contributed by atoms with Crippen molar-refractivity contribution in [1.82, 2.24) is 9.55 Å². The lowest BCUT2D eigenvalue weighted by atomic mass is 10.0. The quantitative estimate of drug-likeness (QED) is 0.640. The normalized spacial score (nSPS) is 10.6. The van der Waals surface area contributed by atoms with Gasteiger partial charge in [0.1, 0.15) is 11.5 Å². The van der Waals surface area contributed by atoms with Crippen LogP contribution in [-0.4, -0.2) is 15.5 Å². The molecule has 0 aliphatic carbocycles. The summed E-state index contributed by atoms with van der Waals surface area (Å²) in [4.78, 5) is 38.1. The highest BCUT2D eigenvalue weighted by Gasteiger charge is 2.13. The molecule has 0 atom stereocenters. The van der Waals surface area contributed by atoms with Gasteiger partial charge < -0.3 is 11.1 Å². The van der Waals surface area contributed by atoms with E-state index in [4.69, 9.17) is 17.3 Å². The second-order valence-corrected chi connectivity index (χ2v) is 6.45. The van der Waals surface area contributed by atoms with Crippen LogP contribution in [0.3, 0.4) is 0 Å². The Labute approximate surface area is 159 Å². The van der Waals surface area contributed by atoms with Crippen LogP contribution in [0.2, 0.25) is 5.02 Å². The molecule has 4 N–H and O–H groups in total. The number of hydrogen-bond acceptors (Lipinski definition) is 4. The number of benzene rings is 2. The zero-order valence-electron chi connectivity index (χ0n) is 14.5. The summed E-state index contributed by atoms with van der Waals surface area (Å²) >= 11 is 5.89. The minimum Gasteiger partial charge on any atom is -0.383 e. The van der Waals surface area contributed by atoms with E-state index in [0.29, 0.717) is 5.02 Å². The molecule has 0 saturated carbocycles. The van der Waals surface area contributed by atoms with Crippen LogP contribution in [0.5, 0.6) is 0 Å². The SMILES string of the molecule is Cn1c(=O)[nH]c(N)c(NC(=O)Cc2ccc(-c3ccc(Cl)cc3)cc2)c1=O. The van der Waals surface area contributed by atoms with Crippen LogP contribution < -0.4 is 22.3 Å².